The lowest BCUT2D eigenvalue weighted by atomic mass is 9.86. The molecule has 0 bridgehead atoms. The number of hydrogen-bond donors (Lipinski definition) is 0. The van der Waals surface area contributed by atoms with Crippen LogP contribution in [-0.2, 0) is 0 Å². The van der Waals surface area contributed by atoms with E-state index in [1.165, 1.54) is 0 Å². The van der Waals surface area contributed by atoms with E-state index in [-0.39, 0.29) is 5.41 Å². The number of hydrogen-bond acceptors (Lipinski definition) is 2. The van der Waals surface area contributed by atoms with Crippen LogP contribution in [0.15, 0.2) is 5.29 Å². The molecule has 0 N–H and O–H groups in total. The SMILES string of the molecule is CC(C)(C)C1CCCN1N=O. The fourth-order valence-corrected chi connectivity index (χ4v) is 1.73. The van der Waals surface area contributed by atoms with Gasteiger partial charge in [0.2, 0.25) is 0 Å². The molecule has 1 fully saturated rings. The highest BCUT2D eigenvalue weighted by atomic mass is 16.3. The lowest BCUT2D eigenvalue weighted by Gasteiger charge is -2.30. The van der Waals surface area contributed by atoms with Crippen LogP contribution in [0.5, 0.6) is 0 Å². The highest BCUT2D eigenvalue weighted by molar-refractivity contribution is 4.85. The summed E-state index contributed by atoms with van der Waals surface area (Å²) in [6, 6.07) is 0.347. The molecule has 0 saturated carbocycles. The Hall–Kier alpha value is -0.600. The second kappa shape index (κ2) is 2.80. The van der Waals surface area contributed by atoms with Crippen LogP contribution in [0.1, 0.15) is 33.6 Å². The standard InChI is InChI=1S/C8H16N2O/c1-8(2,3)7-5-4-6-10(7)9-11/h7H,4-6H2,1-3H3. The van der Waals surface area contributed by atoms with E-state index in [2.05, 4.69) is 26.1 Å². The first kappa shape index (κ1) is 8.50. The maximum absolute atomic E-state index is 10.3. The van der Waals surface area contributed by atoms with Crippen molar-refractivity contribution >= 4 is 0 Å². The highest BCUT2D eigenvalue weighted by Crippen LogP contribution is 2.32. The lowest BCUT2D eigenvalue weighted by molar-refractivity contribution is 0.143. The van der Waals surface area contributed by atoms with Gasteiger partial charge >= 0.3 is 0 Å². The summed E-state index contributed by atoms with van der Waals surface area (Å²) in [5.74, 6) is 0. The van der Waals surface area contributed by atoms with E-state index >= 15 is 0 Å². The third kappa shape index (κ3) is 1.70. The van der Waals surface area contributed by atoms with Crippen molar-refractivity contribution in [1.82, 2.24) is 5.01 Å². The molecule has 0 spiro atoms. The summed E-state index contributed by atoms with van der Waals surface area (Å²) >= 11 is 0. The van der Waals surface area contributed by atoms with Gasteiger partial charge in [0.15, 0.2) is 0 Å². The van der Waals surface area contributed by atoms with Gasteiger partial charge in [-0.2, -0.15) is 0 Å². The third-order valence-electron chi connectivity index (χ3n) is 2.33. The number of rotatable bonds is 1. The van der Waals surface area contributed by atoms with Gasteiger partial charge in [0.05, 0.1) is 11.3 Å². The molecule has 0 aromatic carbocycles. The van der Waals surface area contributed by atoms with Crippen LogP contribution in [0.3, 0.4) is 0 Å². The van der Waals surface area contributed by atoms with Gasteiger partial charge in [-0.25, -0.2) is 0 Å². The second-order valence-corrected chi connectivity index (χ2v) is 4.27. The van der Waals surface area contributed by atoms with Crippen LogP contribution >= 0.6 is 0 Å². The van der Waals surface area contributed by atoms with Crippen molar-refractivity contribution in [2.75, 3.05) is 6.54 Å². The van der Waals surface area contributed by atoms with Gasteiger partial charge in [0.25, 0.3) is 0 Å². The average molecular weight is 156 g/mol. The van der Waals surface area contributed by atoms with E-state index < -0.39 is 0 Å². The Kier molecular flexibility index (Phi) is 2.16. The molecule has 1 heterocycles. The molecule has 0 amide bonds. The average Bonchev–Trinajstić information content (AvgIpc) is 2.31. The summed E-state index contributed by atoms with van der Waals surface area (Å²) in [6.45, 7) is 7.30. The molecule has 1 unspecified atom stereocenters. The Bertz CT molecular complexity index is 151. The summed E-state index contributed by atoms with van der Waals surface area (Å²) in [6.07, 6.45) is 2.21. The van der Waals surface area contributed by atoms with Crippen molar-refractivity contribution in [3.63, 3.8) is 0 Å². The molecule has 3 heteroatoms. The van der Waals surface area contributed by atoms with Crippen LogP contribution in [0.25, 0.3) is 0 Å². The lowest BCUT2D eigenvalue weighted by Crippen LogP contribution is -2.35. The predicted molar refractivity (Wildman–Crippen MR) is 45.0 cm³/mol. The third-order valence-corrected chi connectivity index (χ3v) is 2.33. The van der Waals surface area contributed by atoms with Crippen molar-refractivity contribution in [3.8, 4) is 0 Å². The van der Waals surface area contributed by atoms with Gasteiger partial charge < -0.3 is 0 Å². The Morgan fingerprint density at radius 1 is 1.45 bits per heavy atom. The highest BCUT2D eigenvalue weighted by Gasteiger charge is 2.34. The van der Waals surface area contributed by atoms with Crippen LogP contribution < -0.4 is 0 Å². The predicted octanol–water partition coefficient (Wildman–Crippen LogP) is 2.18. The zero-order valence-electron chi connectivity index (χ0n) is 7.50. The quantitative estimate of drug-likeness (QED) is 0.545. The monoisotopic (exact) mass is 156 g/mol. The molecule has 64 valence electrons. The summed E-state index contributed by atoms with van der Waals surface area (Å²) in [7, 11) is 0. The number of nitrogens with zero attached hydrogens (tertiary/aromatic N) is 2. The Morgan fingerprint density at radius 3 is 2.45 bits per heavy atom. The van der Waals surface area contributed by atoms with E-state index in [4.69, 9.17) is 0 Å². The minimum Gasteiger partial charge on any atom is -0.257 e. The van der Waals surface area contributed by atoms with Crippen molar-refractivity contribution < 1.29 is 0 Å². The topological polar surface area (TPSA) is 32.7 Å². The molecule has 0 aromatic rings. The van der Waals surface area contributed by atoms with E-state index in [0.717, 1.165) is 19.4 Å². The van der Waals surface area contributed by atoms with Crippen molar-refractivity contribution in [1.29, 1.82) is 0 Å². The minimum absolute atomic E-state index is 0.185. The van der Waals surface area contributed by atoms with Gasteiger partial charge in [-0.05, 0) is 18.3 Å². The smallest absolute Gasteiger partial charge is 0.0551 e. The first-order valence-electron chi connectivity index (χ1n) is 4.15. The Morgan fingerprint density at radius 2 is 2.09 bits per heavy atom. The van der Waals surface area contributed by atoms with Crippen LogP contribution in [-0.4, -0.2) is 17.6 Å². The maximum Gasteiger partial charge on any atom is 0.0551 e. The maximum atomic E-state index is 10.3. The van der Waals surface area contributed by atoms with E-state index in [1.54, 1.807) is 5.01 Å². The zero-order valence-corrected chi connectivity index (χ0v) is 7.50. The molecule has 11 heavy (non-hydrogen) atoms. The van der Waals surface area contributed by atoms with Gasteiger partial charge in [-0.3, -0.25) is 5.01 Å². The van der Waals surface area contributed by atoms with Gasteiger partial charge in [0.1, 0.15) is 0 Å². The normalized spacial score (nSPS) is 25.7. The summed E-state index contributed by atoms with van der Waals surface area (Å²) in [4.78, 5) is 10.3. The molecule has 0 radical (unpaired) electrons. The van der Waals surface area contributed by atoms with Crippen molar-refractivity contribution in [2.24, 2.45) is 10.7 Å². The molecular formula is C8H16N2O. The molecule has 1 rings (SSSR count). The molecule has 3 nitrogen and oxygen atoms in total. The van der Waals surface area contributed by atoms with Crippen molar-refractivity contribution in [3.05, 3.63) is 4.91 Å². The fraction of sp³-hybridized carbons (Fsp3) is 1.00. The Balaban J connectivity index is 2.63. The first-order valence-corrected chi connectivity index (χ1v) is 4.15. The van der Waals surface area contributed by atoms with Gasteiger partial charge in [0, 0.05) is 6.54 Å². The van der Waals surface area contributed by atoms with Crippen molar-refractivity contribution in [2.45, 2.75) is 39.7 Å². The largest absolute Gasteiger partial charge is 0.257 e. The van der Waals surface area contributed by atoms with Gasteiger partial charge in [-0.1, -0.05) is 20.8 Å². The molecule has 1 aliphatic rings. The number of nitroso groups, excluding NO2 is 1. The van der Waals surface area contributed by atoms with Gasteiger partial charge in [-0.15, -0.1) is 4.91 Å². The second-order valence-electron chi connectivity index (χ2n) is 4.27. The van der Waals surface area contributed by atoms with Crippen LogP contribution in [0, 0.1) is 10.3 Å². The summed E-state index contributed by atoms with van der Waals surface area (Å²) in [5, 5.41) is 4.70. The summed E-state index contributed by atoms with van der Waals surface area (Å²) in [5.41, 5.74) is 0.185. The Labute approximate surface area is 67.7 Å². The first-order chi connectivity index (χ1) is 5.05. The zero-order chi connectivity index (χ0) is 8.48. The molecule has 0 aromatic heterocycles. The molecule has 1 atom stereocenters. The molecular weight excluding hydrogens is 140 g/mol. The van der Waals surface area contributed by atoms with Crippen LogP contribution in [0.2, 0.25) is 0 Å². The van der Waals surface area contributed by atoms with E-state index in [0.29, 0.717) is 6.04 Å². The minimum atomic E-state index is 0.185. The molecule has 0 aliphatic carbocycles. The molecule has 1 aliphatic heterocycles. The van der Waals surface area contributed by atoms with Crippen LogP contribution in [0.4, 0.5) is 0 Å². The molecule has 1 saturated heterocycles. The summed E-state index contributed by atoms with van der Waals surface area (Å²) < 4.78 is 0. The van der Waals surface area contributed by atoms with E-state index in [1.807, 2.05) is 0 Å². The fourth-order valence-electron chi connectivity index (χ4n) is 1.73. The van der Waals surface area contributed by atoms with E-state index in [9.17, 15) is 4.91 Å².